The molecule has 2 rings (SSSR count). The first-order valence-electron chi connectivity index (χ1n) is 6.16. The van der Waals surface area contributed by atoms with Gasteiger partial charge in [-0.15, -0.1) is 0 Å². The summed E-state index contributed by atoms with van der Waals surface area (Å²) in [6.45, 7) is 5.04. The van der Waals surface area contributed by atoms with Gasteiger partial charge in [-0.25, -0.2) is 0 Å². The van der Waals surface area contributed by atoms with Crippen LogP contribution in [0.25, 0.3) is 0 Å². The monoisotopic (exact) mass is 295 g/mol. The molecule has 1 aromatic carbocycles. The van der Waals surface area contributed by atoms with E-state index in [0.29, 0.717) is 6.04 Å². The van der Waals surface area contributed by atoms with Crippen LogP contribution in [0, 0.1) is 6.92 Å². The van der Waals surface area contributed by atoms with Gasteiger partial charge >= 0.3 is 0 Å². The largest absolute Gasteiger partial charge is 0.336 e. The Balaban J connectivity index is 2.24. The molecular formula is C14H18BrNO. The van der Waals surface area contributed by atoms with Crippen molar-refractivity contribution in [3.8, 4) is 0 Å². The first-order valence-corrected chi connectivity index (χ1v) is 6.96. The zero-order chi connectivity index (χ0) is 12.4. The van der Waals surface area contributed by atoms with Gasteiger partial charge in [0.05, 0.1) is 0 Å². The van der Waals surface area contributed by atoms with Crippen LogP contribution in [-0.4, -0.2) is 23.4 Å². The topological polar surface area (TPSA) is 20.3 Å². The lowest BCUT2D eigenvalue weighted by molar-refractivity contribution is 0.0635. The number of amides is 1. The molecule has 0 unspecified atom stereocenters. The summed E-state index contributed by atoms with van der Waals surface area (Å²) in [4.78, 5) is 14.5. The molecule has 1 aromatic rings. The number of aryl methyl sites for hydroxylation is 1. The van der Waals surface area contributed by atoms with Gasteiger partial charge in [0, 0.05) is 22.6 Å². The first-order chi connectivity index (χ1) is 8.09. The maximum Gasteiger partial charge on any atom is 0.254 e. The summed E-state index contributed by atoms with van der Waals surface area (Å²) in [6, 6.07) is 6.24. The standard InChI is InChI=1S/C14H18BrNO/c1-10-9-12(15)6-7-13(10)14(17)16-8-4-3-5-11(16)2/h6-7,9,11H,3-5,8H2,1-2H3/t11-/m1/s1. The normalized spacial score (nSPS) is 20.4. The fourth-order valence-electron chi connectivity index (χ4n) is 2.42. The molecule has 0 radical (unpaired) electrons. The van der Waals surface area contributed by atoms with Gasteiger partial charge in [0.15, 0.2) is 0 Å². The third kappa shape index (κ3) is 2.71. The summed E-state index contributed by atoms with van der Waals surface area (Å²) >= 11 is 3.43. The summed E-state index contributed by atoms with van der Waals surface area (Å²) in [5.41, 5.74) is 1.88. The Bertz CT molecular complexity index is 430. The molecule has 1 aliphatic heterocycles. The maximum atomic E-state index is 12.5. The highest BCUT2D eigenvalue weighted by Crippen LogP contribution is 2.22. The van der Waals surface area contributed by atoms with Crippen molar-refractivity contribution in [2.24, 2.45) is 0 Å². The molecule has 17 heavy (non-hydrogen) atoms. The van der Waals surface area contributed by atoms with Gasteiger partial charge in [-0.05, 0) is 56.9 Å². The number of halogens is 1. The lowest BCUT2D eigenvalue weighted by Crippen LogP contribution is -2.42. The third-order valence-electron chi connectivity index (χ3n) is 3.48. The molecule has 3 heteroatoms. The number of carbonyl (C=O) groups excluding carboxylic acids is 1. The maximum absolute atomic E-state index is 12.5. The minimum atomic E-state index is 0.183. The zero-order valence-corrected chi connectivity index (χ0v) is 12.0. The lowest BCUT2D eigenvalue weighted by atomic mass is 10.0. The van der Waals surface area contributed by atoms with Crippen LogP contribution in [0.3, 0.4) is 0 Å². The van der Waals surface area contributed by atoms with Gasteiger partial charge in [-0.1, -0.05) is 15.9 Å². The minimum Gasteiger partial charge on any atom is -0.336 e. The van der Waals surface area contributed by atoms with Crippen LogP contribution >= 0.6 is 15.9 Å². The Morgan fingerprint density at radius 3 is 2.82 bits per heavy atom. The molecule has 1 heterocycles. The number of nitrogens with zero attached hydrogens (tertiary/aromatic N) is 1. The number of likely N-dealkylation sites (tertiary alicyclic amines) is 1. The van der Waals surface area contributed by atoms with Gasteiger partial charge in [-0.2, -0.15) is 0 Å². The fraction of sp³-hybridized carbons (Fsp3) is 0.500. The molecule has 1 fully saturated rings. The van der Waals surface area contributed by atoms with Gasteiger partial charge in [-0.3, -0.25) is 4.79 Å². The quantitative estimate of drug-likeness (QED) is 0.772. The molecule has 0 aromatic heterocycles. The van der Waals surface area contributed by atoms with Crippen LogP contribution in [0.2, 0.25) is 0 Å². The van der Waals surface area contributed by atoms with E-state index in [4.69, 9.17) is 0 Å². The Labute approximate surface area is 111 Å². The van der Waals surface area contributed by atoms with Crippen molar-refractivity contribution in [3.05, 3.63) is 33.8 Å². The number of hydrogen-bond donors (Lipinski definition) is 0. The van der Waals surface area contributed by atoms with E-state index in [1.54, 1.807) is 0 Å². The summed E-state index contributed by atoms with van der Waals surface area (Å²) in [7, 11) is 0. The number of hydrogen-bond acceptors (Lipinski definition) is 1. The van der Waals surface area contributed by atoms with E-state index in [1.165, 1.54) is 6.42 Å². The predicted octanol–water partition coefficient (Wildman–Crippen LogP) is 3.77. The van der Waals surface area contributed by atoms with Crippen molar-refractivity contribution in [1.82, 2.24) is 4.90 Å². The van der Waals surface area contributed by atoms with Gasteiger partial charge in [0.25, 0.3) is 5.91 Å². The van der Waals surface area contributed by atoms with Crippen LogP contribution in [0.4, 0.5) is 0 Å². The van der Waals surface area contributed by atoms with Crippen LogP contribution < -0.4 is 0 Å². The van der Waals surface area contributed by atoms with Gasteiger partial charge < -0.3 is 4.90 Å². The summed E-state index contributed by atoms with van der Waals surface area (Å²) in [5, 5.41) is 0. The average molecular weight is 296 g/mol. The van der Waals surface area contributed by atoms with E-state index >= 15 is 0 Å². The highest BCUT2D eigenvalue weighted by Gasteiger charge is 2.24. The highest BCUT2D eigenvalue weighted by atomic mass is 79.9. The van der Waals surface area contributed by atoms with Crippen LogP contribution in [0.1, 0.15) is 42.1 Å². The first kappa shape index (κ1) is 12.6. The molecule has 0 spiro atoms. The van der Waals surface area contributed by atoms with Crippen molar-refractivity contribution in [3.63, 3.8) is 0 Å². The number of rotatable bonds is 1. The fourth-order valence-corrected chi connectivity index (χ4v) is 2.90. The molecule has 1 amide bonds. The molecule has 1 aliphatic rings. The molecule has 0 bridgehead atoms. The lowest BCUT2D eigenvalue weighted by Gasteiger charge is -2.33. The number of piperidine rings is 1. The van der Waals surface area contributed by atoms with Crippen LogP contribution in [0.5, 0.6) is 0 Å². The summed E-state index contributed by atoms with van der Waals surface area (Å²) < 4.78 is 1.03. The summed E-state index contributed by atoms with van der Waals surface area (Å²) in [6.07, 6.45) is 3.50. The van der Waals surface area contributed by atoms with Crippen molar-refractivity contribution in [2.75, 3.05) is 6.54 Å². The Hall–Kier alpha value is -0.830. The molecule has 2 nitrogen and oxygen atoms in total. The van der Waals surface area contributed by atoms with E-state index in [2.05, 4.69) is 22.9 Å². The summed E-state index contributed by atoms with van der Waals surface area (Å²) in [5.74, 6) is 0.183. The van der Waals surface area contributed by atoms with E-state index in [9.17, 15) is 4.79 Å². The zero-order valence-electron chi connectivity index (χ0n) is 10.4. The second-order valence-corrected chi connectivity index (χ2v) is 5.72. The molecule has 1 atom stereocenters. The number of carbonyl (C=O) groups is 1. The highest BCUT2D eigenvalue weighted by molar-refractivity contribution is 9.10. The SMILES string of the molecule is Cc1cc(Br)ccc1C(=O)N1CCCC[C@H]1C. The van der Waals surface area contributed by atoms with E-state index in [-0.39, 0.29) is 5.91 Å². The minimum absolute atomic E-state index is 0.183. The molecule has 0 saturated carbocycles. The van der Waals surface area contributed by atoms with Crippen molar-refractivity contribution >= 4 is 21.8 Å². The Morgan fingerprint density at radius 2 is 2.18 bits per heavy atom. The molecular weight excluding hydrogens is 278 g/mol. The second-order valence-electron chi connectivity index (χ2n) is 4.80. The number of benzene rings is 1. The van der Waals surface area contributed by atoms with Crippen molar-refractivity contribution in [2.45, 2.75) is 39.2 Å². The van der Waals surface area contributed by atoms with E-state index < -0.39 is 0 Å². The molecule has 1 saturated heterocycles. The molecule has 92 valence electrons. The third-order valence-corrected chi connectivity index (χ3v) is 3.98. The van der Waals surface area contributed by atoms with Crippen LogP contribution in [0.15, 0.2) is 22.7 Å². The Morgan fingerprint density at radius 1 is 1.41 bits per heavy atom. The predicted molar refractivity (Wildman–Crippen MR) is 73.2 cm³/mol. The van der Waals surface area contributed by atoms with Crippen LogP contribution in [-0.2, 0) is 0 Å². The Kier molecular flexibility index (Phi) is 3.87. The van der Waals surface area contributed by atoms with Crippen molar-refractivity contribution in [1.29, 1.82) is 0 Å². The van der Waals surface area contributed by atoms with Crippen molar-refractivity contribution < 1.29 is 4.79 Å². The van der Waals surface area contributed by atoms with Gasteiger partial charge in [0.2, 0.25) is 0 Å². The van der Waals surface area contributed by atoms with E-state index in [1.807, 2.05) is 30.0 Å². The van der Waals surface area contributed by atoms with E-state index in [0.717, 1.165) is 35.0 Å². The molecule has 0 N–H and O–H groups in total. The molecule has 0 aliphatic carbocycles. The smallest absolute Gasteiger partial charge is 0.254 e. The average Bonchev–Trinajstić information content (AvgIpc) is 2.29. The second kappa shape index (κ2) is 5.21. The van der Waals surface area contributed by atoms with Gasteiger partial charge in [0.1, 0.15) is 0 Å².